The van der Waals surface area contributed by atoms with Gasteiger partial charge in [-0.25, -0.2) is 8.78 Å². The first-order valence-electron chi connectivity index (χ1n) is 9.21. The minimum Gasteiger partial charge on any atom is -0.352 e. The van der Waals surface area contributed by atoms with Crippen LogP contribution >= 0.6 is 0 Å². The molecule has 0 fully saturated rings. The average molecular weight is 388 g/mol. The number of guanidine groups is 1. The molecule has 1 amide bonds. The Bertz CT molecular complexity index is 822. The maximum absolute atomic E-state index is 13.7. The lowest BCUT2D eigenvalue weighted by Gasteiger charge is -2.13. The second kappa shape index (κ2) is 10.4. The van der Waals surface area contributed by atoms with Crippen molar-refractivity contribution in [3.05, 3.63) is 70.8 Å². The number of hydrogen-bond acceptors (Lipinski definition) is 2. The third kappa shape index (κ3) is 6.33. The van der Waals surface area contributed by atoms with Crippen molar-refractivity contribution < 1.29 is 13.6 Å². The molecule has 1 unspecified atom stereocenters. The number of carbonyl (C=O) groups is 1. The van der Waals surface area contributed by atoms with Crippen molar-refractivity contribution in [1.29, 1.82) is 0 Å². The summed E-state index contributed by atoms with van der Waals surface area (Å²) in [5, 5.41) is 8.98. The summed E-state index contributed by atoms with van der Waals surface area (Å²) in [5.74, 6) is -0.597. The maximum atomic E-state index is 13.7. The first kappa shape index (κ1) is 21.3. The molecule has 1 atom stereocenters. The van der Waals surface area contributed by atoms with Gasteiger partial charge in [0.2, 0.25) is 0 Å². The third-order valence-corrected chi connectivity index (χ3v) is 4.34. The monoisotopic (exact) mass is 388 g/mol. The van der Waals surface area contributed by atoms with Gasteiger partial charge in [-0.3, -0.25) is 9.79 Å². The molecule has 0 spiro atoms. The van der Waals surface area contributed by atoms with Crippen molar-refractivity contribution in [3.8, 4) is 0 Å². The fourth-order valence-corrected chi connectivity index (χ4v) is 2.45. The molecule has 7 heteroatoms. The van der Waals surface area contributed by atoms with Gasteiger partial charge in [-0.05, 0) is 49.2 Å². The lowest BCUT2D eigenvalue weighted by atomic mass is 10.1. The minimum absolute atomic E-state index is 0.0940. The van der Waals surface area contributed by atoms with Crippen molar-refractivity contribution in [2.75, 3.05) is 7.05 Å². The van der Waals surface area contributed by atoms with Gasteiger partial charge in [0.1, 0.15) is 11.6 Å². The molecule has 5 nitrogen and oxygen atoms in total. The largest absolute Gasteiger partial charge is 0.352 e. The van der Waals surface area contributed by atoms with Gasteiger partial charge in [0.05, 0.1) is 0 Å². The summed E-state index contributed by atoms with van der Waals surface area (Å²) in [6, 6.07) is 10.7. The molecule has 0 radical (unpaired) electrons. The summed E-state index contributed by atoms with van der Waals surface area (Å²) in [4.78, 5) is 16.2. The van der Waals surface area contributed by atoms with Crippen LogP contribution in [0.5, 0.6) is 0 Å². The van der Waals surface area contributed by atoms with E-state index in [2.05, 4.69) is 20.9 Å². The third-order valence-electron chi connectivity index (χ3n) is 4.34. The number of carbonyl (C=O) groups excluding carboxylic acids is 1. The molecule has 0 aliphatic rings. The first-order valence-corrected chi connectivity index (χ1v) is 9.21. The number of amides is 1. The van der Waals surface area contributed by atoms with Crippen molar-refractivity contribution >= 4 is 11.9 Å². The summed E-state index contributed by atoms with van der Waals surface area (Å²) in [6.45, 7) is 4.56. The van der Waals surface area contributed by atoms with E-state index in [1.54, 1.807) is 19.2 Å². The van der Waals surface area contributed by atoms with Gasteiger partial charge in [0, 0.05) is 37.3 Å². The van der Waals surface area contributed by atoms with E-state index in [0.717, 1.165) is 30.2 Å². The fraction of sp³-hybridized carbons (Fsp3) is 0.333. The standard InChI is InChI=1S/C21H26F2N4O/c1-4-14(2)27-20(28)16-7-5-15(6-8-16)12-25-21(24-3)26-13-17-11-18(22)9-10-19(17)23/h5-11,14H,4,12-13H2,1-3H3,(H,27,28)(H2,24,25,26). The van der Waals surface area contributed by atoms with Crippen LogP contribution in [0.25, 0.3) is 0 Å². The Labute approximate surface area is 164 Å². The van der Waals surface area contributed by atoms with E-state index in [1.165, 1.54) is 0 Å². The molecule has 2 aromatic rings. The van der Waals surface area contributed by atoms with Crippen LogP contribution in [0, 0.1) is 11.6 Å². The molecule has 150 valence electrons. The number of halogens is 2. The lowest BCUT2D eigenvalue weighted by molar-refractivity contribution is 0.0939. The molecular formula is C21H26F2N4O. The van der Waals surface area contributed by atoms with E-state index in [0.29, 0.717) is 18.1 Å². The maximum Gasteiger partial charge on any atom is 0.251 e. The van der Waals surface area contributed by atoms with Gasteiger partial charge in [-0.15, -0.1) is 0 Å². The topological polar surface area (TPSA) is 65.5 Å². The number of aliphatic imine (C=N–C) groups is 1. The second-order valence-electron chi connectivity index (χ2n) is 6.49. The van der Waals surface area contributed by atoms with Gasteiger partial charge in [-0.1, -0.05) is 19.1 Å². The Morgan fingerprint density at radius 2 is 1.75 bits per heavy atom. The number of nitrogens with one attached hydrogen (secondary N) is 3. The Hall–Kier alpha value is -2.96. The zero-order valence-corrected chi connectivity index (χ0v) is 16.4. The van der Waals surface area contributed by atoms with Crippen molar-refractivity contribution in [3.63, 3.8) is 0 Å². The van der Waals surface area contributed by atoms with E-state index < -0.39 is 11.6 Å². The van der Waals surface area contributed by atoms with Crippen molar-refractivity contribution in [2.45, 2.75) is 39.4 Å². The molecule has 0 aliphatic heterocycles. The first-order chi connectivity index (χ1) is 13.4. The molecule has 2 rings (SSSR count). The molecule has 28 heavy (non-hydrogen) atoms. The predicted molar refractivity (Wildman–Crippen MR) is 107 cm³/mol. The van der Waals surface area contributed by atoms with Crippen LogP contribution in [0.15, 0.2) is 47.5 Å². The second-order valence-corrected chi connectivity index (χ2v) is 6.49. The summed E-state index contributed by atoms with van der Waals surface area (Å²) in [5.41, 5.74) is 1.78. The quantitative estimate of drug-likeness (QED) is 0.503. The summed E-state index contributed by atoms with van der Waals surface area (Å²) < 4.78 is 26.9. The molecule has 0 aliphatic carbocycles. The Morgan fingerprint density at radius 1 is 1.07 bits per heavy atom. The van der Waals surface area contributed by atoms with Crippen molar-refractivity contribution in [1.82, 2.24) is 16.0 Å². The van der Waals surface area contributed by atoms with Crippen LogP contribution in [0.3, 0.4) is 0 Å². The van der Waals surface area contributed by atoms with Gasteiger partial charge in [-0.2, -0.15) is 0 Å². The van der Waals surface area contributed by atoms with Gasteiger partial charge in [0.15, 0.2) is 5.96 Å². The fourth-order valence-electron chi connectivity index (χ4n) is 2.45. The van der Waals surface area contributed by atoms with Crippen molar-refractivity contribution in [2.24, 2.45) is 4.99 Å². The van der Waals surface area contributed by atoms with Gasteiger partial charge < -0.3 is 16.0 Å². The van der Waals surface area contributed by atoms with Gasteiger partial charge >= 0.3 is 0 Å². The highest BCUT2D eigenvalue weighted by atomic mass is 19.1. The Kier molecular flexibility index (Phi) is 7.92. The Morgan fingerprint density at radius 3 is 2.39 bits per heavy atom. The molecule has 0 aromatic heterocycles. The zero-order valence-electron chi connectivity index (χ0n) is 16.4. The van der Waals surface area contributed by atoms with E-state index in [9.17, 15) is 13.6 Å². The zero-order chi connectivity index (χ0) is 20.5. The van der Waals surface area contributed by atoms with Crippen LogP contribution in [0.4, 0.5) is 8.78 Å². The normalized spacial score (nSPS) is 12.4. The molecule has 0 saturated heterocycles. The predicted octanol–water partition coefficient (Wildman–Crippen LogP) is 3.36. The number of benzene rings is 2. The van der Waals surface area contributed by atoms with Gasteiger partial charge in [0.25, 0.3) is 5.91 Å². The van der Waals surface area contributed by atoms with E-state index in [4.69, 9.17) is 0 Å². The van der Waals surface area contributed by atoms with Crippen LogP contribution in [-0.4, -0.2) is 25.0 Å². The average Bonchev–Trinajstić information content (AvgIpc) is 2.70. The number of hydrogen-bond donors (Lipinski definition) is 3. The van der Waals surface area contributed by atoms with Crippen LogP contribution < -0.4 is 16.0 Å². The Balaban J connectivity index is 1.87. The SMILES string of the molecule is CCC(C)NC(=O)c1ccc(CNC(=NC)NCc2cc(F)ccc2F)cc1. The highest BCUT2D eigenvalue weighted by molar-refractivity contribution is 5.94. The van der Waals surface area contributed by atoms with E-state index >= 15 is 0 Å². The van der Waals surface area contributed by atoms with E-state index in [-0.39, 0.29) is 24.1 Å². The highest BCUT2D eigenvalue weighted by Gasteiger charge is 2.09. The highest BCUT2D eigenvalue weighted by Crippen LogP contribution is 2.09. The van der Waals surface area contributed by atoms with Crippen LogP contribution in [0.1, 0.15) is 41.8 Å². The smallest absolute Gasteiger partial charge is 0.251 e. The minimum atomic E-state index is -0.487. The molecule has 0 heterocycles. The molecular weight excluding hydrogens is 362 g/mol. The molecule has 0 bridgehead atoms. The van der Waals surface area contributed by atoms with E-state index in [1.807, 2.05) is 26.0 Å². The van der Waals surface area contributed by atoms with Crippen LogP contribution in [-0.2, 0) is 13.1 Å². The molecule has 0 saturated carbocycles. The molecule has 3 N–H and O–H groups in total. The summed E-state index contributed by atoms with van der Waals surface area (Å²) in [6.07, 6.45) is 0.874. The number of rotatable bonds is 7. The lowest BCUT2D eigenvalue weighted by Crippen LogP contribution is -2.36. The summed E-state index contributed by atoms with van der Waals surface area (Å²) >= 11 is 0. The number of nitrogens with zero attached hydrogens (tertiary/aromatic N) is 1. The van der Waals surface area contributed by atoms with Crippen LogP contribution in [0.2, 0.25) is 0 Å². The molecule has 2 aromatic carbocycles. The summed E-state index contributed by atoms with van der Waals surface area (Å²) in [7, 11) is 1.60.